The number of likely N-dealkylation sites (tertiary alicyclic amines) is 1. The molecule has 7 atom stereocenters. The lowest BCUT2D eigenvalue weighted by atomic mass is 9.90. The molecular formula is C79H102N18O20S2. The zero-order valence-corrected chi connectivity index (χ0v) is 67.6. The number of amides is 10. The molecule has 640 valence electrons. The SMILES string of the molecule is Cc1cc(-c2ccc(NC(=O)[C@@H](CCCCNC(=O)CCN3C(=O)CC(SCC(=O)NCCCC[C@H]4NC(=O)[C@H](Cc5ccccc5)CC(=O)[C@H](CC(=O)O)NC(=O)CNC(=O)[C@H](CCCNC(=N)N)NC4=O)C3=O)NC(=O)CN3CCN(COC=O)CCN(CC(=O)O)CC3)c(C)c2)ccc1N=Nc1ccc2c(S(=O)O)ccc(N)c2c1O. The molecule has 8 rings (SSSR count). The van der Waals surface area contributed by atoms with Gasteiger partial charge in [-0.1, -0.05) is 48.5 Å². The number of ketones is 1. The molecule has 40 heteroatoms. The molecule has 18 N–H and O–H groups in total. The van der Waals surface area contributed by atoms with Crippen LogP contribution in [-0.4, -0.2) is 260 Å². The number of benzene rings is 5. The minimum atomic E-state index is -2.34. The van der Waals surface area contributed by atoms with Crippen LogP contribution in [0, 0.1) is 25.2 Å². The van der Waals surface area contributed by atoms with Crippen LogP contribution in [0.15, 0.2) is 106 Å². The highest BCUT2D eigenvalue weighted by Crippen LogP contribution is 2.41. The van der Waals surface area contributed by atoms with E-state index in [0.717, 1.165) is 33.4 Å². The first-order valence-electron chi connectivity index (χ1n) is 38.8. The number of hydrogen-bond acceptors (Lipinski definition) is 25. The average molecular weight is 1690 g/mol. The molecule has 0 bridgehead atoms. The monoisotopic (exact) mass is 1690 g/mol. The highest BCUT2D eigenvalue weighted by atomic mass is 32.2. The van der Waals surface area contributed by atoms with Gasteiger partial charge < -0.3 is 83.9 Å². The molecule has 0 aromatic heterocycles. The summed E-state index contributed by atoms with van der Waals surface area (Å²) in [6.07, 6.45) is -0.523. The Morgan fingerprint density at radius 3 is 2.00 bits per heavy atom. The standard InChI is InChI=1S/C79H102N18O20S2/c1-47-35-50(51-17-21-56(48(2)36-51)92-93-57-22-18-53-64(119(115)116)23-19-54(80)72(53)73(57)109)16-20-55(47)89-76(112)59(87-67(102)42-94-29-30-95(43-71(107)108)32-34-96(33-31-94)45-117-46-98)13-6-8-25-83-65(100)24-28-97-69(104)40-63(78(97)114)118-44-68(103)84-26-9-7-14-60-77(113)91-58(15-10-27-85-79(81)82)75(111)86-41-66(101)88-61(39-70(105)106)62(99)38-52(74(110)90-60)37-49-11-4-3-5-12-49/h3-5,11-12,16-23,35-36,46,52,58-61,63,109H,6-10,13-15,24-34,37-45,80H2,1-2H3,(H,83,100)(H,84,103)(H,86,111)(H,87,102)(H,88,101)(H,89,112)(H,90,110)(H,91,113)(H,105,106)(H,107,108)(H,115,116)(H4,81,82,85)/t52-,58+,59-,60-,61+,63?/m1/s1. The number of hydrogen-bond donors (Lipinski definition) is 16. The summed E-state index contributed by atoms with van der Waals surface area (Å²) in [7, 11) is 0. The number of nitrogens with zero attached hydrogens (tertiary/aromatic N) is 6. The number of guanidine groups is 1. The van der Waals surface area contributed by atoms with Crippen LogP contribution < -0.4 is 59.3 Å². The van der Waals surface area contributed by atoms with E-state index in [4.69, 9.17) is 21.6 Å². The molecule has 5 aromatic carbocycles. The van der Waals surface area contributed by atoms with Gasteiger partial charge in [0.15, 0.2) is 28.6 Å². The molecule has 0 aliphatic carbocycles. The number of nitrogens with two attached hydrogens (primary N) is 2. The van der Waals surface area contributed by atoms with Gasteiger partial charge in [-0.25, -0.2) is 4.21 Å². The van der Waals surface area contributed by atoms with Crippen LogP contribution in [0.2, 0.25) is 0 Å². The van der Waals surface area contributed by atoms with Crippen molar-refractivity contribution in [1.82, 2.24) is 62.1 Å². The summed E-state index contributed by atoms with van der Waals surface area (Å²) in [6, 6.07) is 20.0. The van der Waals surface area contributed by atoms with Gasteiger partial charge in [0.2, 0.25) is 59.1 Å². The zero-order chi connectivity index (χ0) is 86.2. The Labute approximate surface area is 692 Å². The largest absolute Gasteiger partial charge is 0.505 e. The van der Waals surface area contributed by atoms with Crippen LogP contribution in [0.1, 0.15) is 93.7 Å². The van der Waals surface area contributed by atoms with Gasteiger partial charge in [0.05, 0.1) is 59.1 Å². The molecule has 3 heterocycles. The van der Waals surface area contributed by atoms with Crippen LogP contribution >= 0.6 is 11.8 Å². The first-order valence-corrected chi connectivity index (χ1v) is 41.0. The molecule has 10 amide bonds. The molecule has 0 spiro atoms. The number of fused-ring (bicyclic) bond motifs is 1. The van der Waals surface area contributed by atoms with Crippen molar-refractivity contribution in [3.63, 3.8) is 0 Å². The molecule has 0 saturated carbocycles. The van der Waals surface area contributed by atoms with Crippen molar-refractivity contribution in [3.8, 4) is 16.9 Å². The summed E-state index contributed by atoms with van der Waals surface area (Å²) in [5.74, 6) is -11.7. The number of carbonyl (C=O) groups excluding carboxylic acids is 12. The number of aromatic hydroxyl groups is 1. The second-order valence-corrected chi connectivity index (χ2v) is 31.1. The van der Waals surface area contributed by atoms with Crippen molar-refractivity contribution in [2.24, 2.45) is 21.9 Å². The maximum Gasteiger partial charge on any atom is 0.317 e. The Balaban J connectivity index is 0.831. The number of unbranched alkanes of at least 4 members (excludes halogenated alkanes) is 2. The summed E-state index contributed by atoms with van der Waals surface area (Å²) in [5, 5.41) is 70.1. The number of aryl methyl sites for hydroxylation is 2. The summed E-state index contributed by atoms with van der Waals surface area (Å²) in [6.45, 7) is 4.86. The number of thioether (sulfide) groups is 1. The Morgan fingerprint density at radius 2 is 1.33 bits per heavy atom. The topological polar surface area (TPSA) is 568 Å². The fourth-order valence-corrected chi connectivity index (χ4v) is 15.2. The Kier molecular flexibility index (Phi) is 36.1. The predicted octanol–water partition coefficient (Wildman–Crippen LogP) is 1.93. The Hall–Kier alpha value is -11.9. The molecule has 3 saturated heterocycles. The summed E-state index contributed by atoms with van der Waals surface area (Å²) in [5.41, 5.74) is 16.4. The highest BCUT2D eigenvalue weighted by Gasteiger charge is 2.40. The number of carboxylic acids is 2. The van der Waals surface area contributed by atoms with Gasteiger partial charge in [0.1, 0.15) is 30.5 Å². The number of phenols is 1. The van der Waals surface area contributed by atoms with E-state index < -0.39 is 143 Å². The van der Waals surface area contributed by atoms with E-state index in [2.05, 4.69) is 58.1 Å². The number of imide groups is 1. The van der Waals surface area contributed by atoms with E-state index in [0.29, 0.717) is 81.1 Å². The smallest absolute Gasteiger partial charge is 0.317 e. The number of phenolic OH excluding ortho intramolecular Hbond substituents is 1. The van der Waals surface area contributed by atoms with Gasteiger partial charge >= 0.3 is 11.9 Å². The number of aliphatic carboxylic acids is 2. The second kappa shape index (κ2) is 46.3. The highest BCUT2D eigenvalue weighted by molar-refractivity contribution is 8.01. The fraction of sp³-hybridized carbons (Fsp3) is 0.456. The molecule has 3 fully saturated rings. The van der Waals surface area contributed by atoms with Gasteiger partial charge in [-0.2, -0.15) is 5.11 Å². The number of nitrogen functional groups attached to an aromatic ring is 1. The first kappa shape index (κ1) is 92.7. The van der Waals surface area contributed by atoms with Gasteiger partial charge in [-0.3, -0.25) is 92.1 Å². The van der Waals surface area contributed by atoms with E-state index in [1.165, 1.54) is 24.3 Å². The molecule has 0 radical (unpaired) electrons. The molecule has 119 heavy (non-hydrogen) atoms. The van der Waals surface area contributed by atoms with Crippen LogP contribution in [0.5, 0.6) is 5.75 Å². The summed E-state index contributed by atoms with van der Waals surface area (Å²) in [4.78, 5) is 192. The zero-order valence-electron chi connectivity index (χ0n) is 66.0. The lowest BCUT2D eigenvalue weighted by Gasteiger charge is -2.26. The van der Waals surface area contributed by atoms with Crippen molar-refractivity contribution in [2.45, 2.75) is 132 Å². The molecule has 5 aromatic rings. The van der Waals surface area contributed by atoms with Crippen LogP contribution in [0.4, 0.5) is 22.7 Å². The number of carboxylic acid groups (broad SMARTS) is 2. The number of nitrogens with one attached hydrogen (secondary N) is 10. The van der Waals surface area contributed by atoms with E-state index >= 15 is 0 Å². The molecule has 38 nitrogen and oxygen atoms in total. The Morgan fingerprint density at radius 1 is 0.697 bits per heavy atom. The molecular weight excluding hydrogens is 1590 g/mol. The summed E-state index contributed by atoms with van der Waals surface area (Å²) < 4.78 is 26.7. The van der Waals surface area contributed by atoms with Crippen molar-refractivity contribution >= 4 is 146 Å². The number of Topliss-reactive ketones (excluding diaryl/α,β-unsaturated/α-hetero) is 1. The minimum Gasteiger partial charge on any atom is -0.505 e. The van der Waals surface area contributed by atoms with E-state index in [1.54, 1.807) is 54.3 Å². The van der Waals surface area contributed by atoms with E-state index in [9.17, 15) is 91.2 Å². The Bertz CT molecular complexity index is 4600. The van der Waals surface area contributed by atoms with Crippen LogP contribution in [-0.2, 0) is 89.4 Å². The third-order valence-electron chi connectivity index (χ3n) is 20.1. The normalized spacial score (nSPS) is 18.8. The van der Waals surface area contributed by atoms with Gasteiger partial charge in [0.25, 0.3) is 6.47 Å². The molecule has 2 unspecified atom stereocenters. The van der Waals surface area contributed by atoms with Crippen LogP contribution in [0.3, 0.4) is 0 Å². The van der Waals surface area contributed by atoms with Gasteiger partial charge in [0, 0.05) is 107 Å². The number of carbonyl (C=O) groups is 14. The van der Waals surface area contributed by atoms with Crippen molar-refractivity contribution in [1.29, 1.82) is 5.41 Å². The fourth-order valence-electron chi connectivity index (χ4n) is 13.7. The second-order valence-electron chi connectivity index (χ2n) is 29.0. The number of ether oxygens (including phenoxy) is 1. The maximum absolute atomic E-state index is 14.4. The van der Waals surface area contributed by atoms with Crippen molar-refractivity contribution < 1.29 is 95.9 Å². The first-order chi connectivity index (χ1) is 56.9. The van der Waals surface area contributed by atoms with Gasteiger partial charge in [-0.05, 0) is 142 Å². The van der Waals surface area contributed by atoms with Crippen molar-refractivity contribution in [2.75, 3.05) is 109 Å². The molecule has 3 aliphatic heterocycles. The van der Waals surface area contributed by atoms with Gasteiger partial charge in [-0.15, -0.1) is 16.9 Å². The third kappa shape index (κ3) is 29.3. The van der Waals surface area contributed by atoms with E-state index in [1.807, 2.05) is 41.0 Å². The quantitative estimate of drug-likeness (QED) is 0.00392. The minimum absolute atomic E-state index is 0.0184. The van der Waals surface area contributed by atoms with Crippen molar-refractivity contribution in [3.05, 3.63) is 108 Å². The number of azo groups is 1. The maximum atomic E-state index is 14.4. The lowest BCUT2D eigenvalue weighted by molar-refractivity contribution is -0.141. The lowest BCUT2D eigenvalue weighted by Crippen LogP contribution is -2.55. The molecule has 3 aliphatic rings. The predicted molar refractivity (Wildman–Crippen MR) is 439 cm³/mol. The summed E-state index contributed by atoms with van der Waals surface area (Å²) >= 11 is -1.41. The van der Waals surface area contributed by atoms with Crippen LogP contribution in [0.25, 0.3) is 21.9 Å². The number of rotatable bonds is 38. The van der Waals surface area contributed by atoms with E-state index in [-0.39, 0.29) is 148 Å². The number of anilines is 2. The third-order valence-corrected chi connectivity index (χ3v) is 22.0. The average Bonchev–Trinajstić information content (AvgIpc) is 1.42.